The van der Waals surface area contributed by atoms with E-state index in [1.54, 1.807) is 5.56 Å². The molecular weight excluding hydrogens is 254 g/mol. The third-order valence-electron chi connectivity index (χ3n) is 5.63. The van der Waals surface area contributed by atoms with Crippen LogP contribution >= 0.6 is 0 Å². The maximum absolute atomic E-state index is 3.86. The van der Waals surface area contributed by atoms with E-state index in [2.05, 4.69) is 42.6 Å². The van der Waals surface area contributed by atoms with Gasteiger partial charge in [-0.2, -0.15) is 0 Å². The van der Waals surface area contributed by atoms with Crippen LogP contribution in [0.1, 0.15) is 69.8 Å². The van der Waals surface area contributed by atoms with Crippen LogP contribution in [0.5, 0.6) is 0 Å². The number of benzene rings is 1. The SMILES string of the molecule is CCNC(C1CCCCCCC1)C1CC1c1ccccc1. The van der Waals surface area contributed by atoms with E-state index >= 15 is 0 Å². The molecule has 2 saturated carbocycles. The highest BCUT2D eigenvalue weighted by Crippen LogP contribution is 2.52. The Morgan fingerprint density at radius 2 is 1.67 bits per heavy atom. The lowest BCUT2D eigenvalue weighted by Crippen LogP contribution is -2.38. The van der Waals surface area contributed by atoms with E-state index in [4.69, 9.17) is 0 Å². The molecule has 1 aromatic rings. The van der Waals surface area contributed by atoms with Gasteiger partial charge in [0, 0.05) is 6.04 Å². The number of rotatable bonds is 5. The summed E-state index contributed by atoms with van der Waals surface area (Å²) in [5.41, 5.74) is 1.57. The standard InChI is InChI=1S/C20H31N/c1-2-21-20(17-13-7-4-3-5-8-14-17)19-15-18(19)16-11-9-6-10-12-16/h6,9-12,17-21H,2-5,7-8,13-15H2,1H3. The number of hydrogen-bond donors (Lipinski definition) is 1. The Morgan fingerprint density at radius 3 is 2.33 bits per heavy atom. The molecule has 1 aromatic carbocycles. The second-order valence-corrected chi connectivity index (χ2v) is 7.11. The topological polar surface area (TPSA) is 12.0 Å². The molecule has 2 aliphatic rings. The van der Waals surface area contributed by atoms with Gasteiger partial charge in [-0.15, -0.1) is 0 Å². The van der Waals surface area contributed by atoms with Gasteiger partial charge in [0.05, 0.1) is 0 Å². The van der Waals surface area contributed by atoms with Crippen LogP contribution in [0.25, 0.3) is 0 Å². The largest absolute Gasteiger partial charge is 0.314 e. The Labute approximate surface area is 130 Å². The fourth-order valence-corrected chi connectivity index (χ4v) is 4.45. The molecule has 0 bridgehead atoms. The molecule has 3 unspecified atom stereocenters. The molecule has 1 heteroatoms. The summed E-state index contributed by atoms with van der Waals surface area (Å²) in [4.78, 5) is 0. The number of hydrogen-bond acceptors (Lipinski definition) is 1. The Bertz CT molecular complexity index is 405. The van der Waals surface area contributed by atoms with Crippen LogP contribution in [0.3, 0.4) is 0 Å². The molecule has 21 heavy (non-hydrogen) atoms. The van der Waals surface area contributed by atoms with Gasteiger partial charge in [-0.3, -0.25) is 0 Å². The molecule has 116 valence electrons. The molecule has 2 aliphatic carbocycles. The number of nitrogens with one attached hydrogen (secondary N) is 1. The van der Waals surface area contributed by atoms with E-state index in [9.17, 15) is 0 Å². The van der Waals surface area contributed by atoms with Crippen LogP contribution in [0.15, 0.2) is 30.3 Å². The average Bonchev–Trinajstić information content (AvgIpc) is 3.26. The molecule has 0 heterocycles. The van der Waals surface area contributed by atoms with Crippen LogP contribution in [0, 0.1) is 11.8 Å². The average molecular weight is 285 g/mol. The van der Waals surface area contributed by atoms with Crippen molar-refractivity contribution in [2.24, 2.45) is 11.8 Å². The lowest BCUT2D eigenvalue weighted by Gasteiger charge is -2.30. The highest BCUT2D eigenvalue weighted by atomic mass is 14.9. The zero-order valence-corrected chi connectivity index (χ0v) is 13.6. The first-order chi connectivity index (χ1) is 10.4. The van der Waals surface area contributed by atoms with Gasteiger partial charge in [-0.1, -0.05) is 69.4 Å². The summed E-state index contributed by atoms with van der Waals surface area (Å²) in [7, 11) is 0. The Morgan fingerprint density at radius 1 is 1.00 bits per heavy atom. The second-order valence-electron chi connectivity index (χ2n) is 7.11. The zero-order chi connectivity index (χ0) is 14.5. The highest BCUT2D eigenvalue weighted by Gasteiger charge is 2.45. The molecule has 0 saturated heterocycles. The lowest BCUT2D eigenvalue weighted by atomic mass is 9.83. The first-order valence-corrected chi connectivity index (χ1v) is 9.18. The summed E-state index contributed by atoms with van der Waals surface area (Å²) >= 11 is 0. The van der Waals surface area contributed by atoms with Crippen LogP contribution in [0.4, 0.5) is 0 Å². The van der Waals surface area contributed by atoms with Crippen molar-refractivity contribution in [3.63, 3.8) is 0 Å². The van der Waals surface area contributed by atoms with Gasteiger partial charge in [0.1, 0.15) is 0 Å². The summed E-state index contributed by atoms with van der Waals surface area (Å²) in [6, 6.07) is 11.9. The van der Waals surface area contributed by atoms with Crippen molar-refractivity contribution in [3.05, 3.63) is 35.9 Å². The maximum atomic E-state index is 3.86. The molecular formula is C20H31N. The van der Waals surface area contributed by atoms with Gasteiger partial charge in [-0.25, -0.2) is 0 Å². The molecule has 0 aliphatic heterocycles. The van der Waals surface area contributed by atoms with Crippen molar-refractivity contribution in [1.82, 2.24) is 5.32 Å². The van der Waals surface area contributed by atoms with E-state index in [1.807, 2.05) is 0 Å². The summed E-state index contributed by atoms with van der Waals surface area (Å²) in [5, 5.41) is 3.86. The van der Waals surface area contributed by atoms with Gasteiger partial charge in [0.2, 0.25) is 0 Å². The van der Waals surface area contributed by atoms with Crippen molar-refractivity contribution >= 4 is 0 Å². The summed E-state index contributed by atoms with van der Waals surface area (Å²) < 4.78 is 0. The first kappa shape index (κ1) is 15.1. The van der Waals surface area contributed by atoms with Crippen LogP contribution in [-0.4, -0.2) is 12.6 Å². The summed E-state index contributed by atoms with van der Waals surface area (Å²) in [5.74, 6) is 2.63. The minimum Gasteiger partial charge on any atom is -0.314 e. The van der Waals surface area contributed by atoms with Crippen molar-refractivity contribution in [1.29, 1.82) is 0 Å². The van der Waals surface area contributed by atoms with Gasteiger partial charge in [0.15, 0.2) is 0 Å². The molecule has 0 spiro atoms. The van der Waals surface area contributed by atoms with Gasteiger partial charge in [-0.05, 0) is 49.1 Å². The van der Waals surface area contributed by atoms with E-state index in [1.165, 1.54) is 51.4 Å². The van der Waals surface area contributed by atoms with Gasteiger partial charge >= 0.3 is 0 Å². The minimum atomic E-state index is 0.762. The van der Waals surface area contributed by atoms with Gasteiger partial charge in [0.25, 0.3) is 0 Å². The predicted octanol–water partition coefficient (Wildman–Crippen LogP) is 5.13. The monoisotopic (exact) mass is 285 g/mol. The second kappa shape index (κ2) is 7.45. The van der Waals surface area contributed by atoms with Crippen molar-refractivity contribution in [2.75, 3.05) is 6.54 Å². The summed E-state index contributed by atoms with van der Waals surface area (Å²) in [6.07, 6.45) is 11.6. The molecule has 3 atom stereocenters. The minimum absolute atomic E-state index is 0.762. The molecule has 0 radical (unpaired) electrons. The molecule has 0 amide bonds. The molecule has 3 rings (SSSR count). The lowest BCUT2D eigenvalue weighted by molar-refractivity contribution is 0.263. The van der Waals surface area contributed by atoms with E-state index in [0.717, 1.165) is 30.3 Å². The molecule has 1 nitrogen and oxygen atoms in total. The summed E-state index contributed by atoms with van der Waals surface area (Å²) in [6.45, 7) is 3.40. The van der Waals surface area contributed by atoms with Crippen molar-refractivity contribution < 1.29 is 0 Å². The van der Waals surface area contributed by atoms with Crippen LogP contribution in [-0.2, 0) is 0 Å². The Balaban J connectivity index is 1.64. The highest BCUT2D eigenvalue weighted by molar-refractivity contribution is 5.27. The van der Waals surface area contributed by atoms with Crippen molar-refractivity contribution in [2.45, 2.75) is 70.3 Å². The van der Waals surface area contributed by atoms with E-state index in [0.29, 0.717) is 0 Å². The zero-order valence-electron chi connectivity index (χ0n) is 13.6. The Kier molecular flexibility index (Phi) is 5.35. The fraction of sp³-hybridized carbons (Fsp3) is 0.700. The van der Waals surface area contributed by atoms with Crippen LogP contribution in [0.2, 0.25) is 0 Å². The fourth-order valence-electron chi connectivity index (χ4n) is 4.45. The molecule has 2 fully saturated rings. The Hall–Kier alpha value is -0.820. The molecule has 1 N–H and O–H groups in total. The van der Waals surface area contributed by atoms with Crippen molar-refractivity contribution in [3.8, 4) is 0 Å². The normalized spacial score (nSPS) is 28.6. The van der Waals surface area contributed by atoms with Gasteiger partial charge < -0.3 is 5.32 Å². The third-order valence-corrected chi connectivity index (χ3v) is 5.63. The van der Waals surface area contributed by atoms with E-state index in [-0.39, 0.29) is 0 Å². The maximum Gasteiger partial charge on any atom is 0.0129 e. The molecule has 0 aromatic heterocycles. The van der Waals surface area contributed by atoms with Crippen LogP contribution < -0.4 is 5.32 Å². The smallest absolute Gasteiger partial charge is 0.0129 e. The third kappa shape index (κ3) is 3.88. The predicted molar refractivity (Wildman–Crippen MR) is 90.6 cm³/mol. The first-order valence-electron chi connectivity index (χ1n) is 9.18. The van der Waals surface area contributed by atoms with E-state index < -0.39 is 0 Å². The quantitative estimate of drug-likeness (QED) is 0.791.